The van der Waals surface area contributed by atoms with Gasteiger partial charge in [0, 0.05) is 18.7 Å². The van der Waals surface area contributed by atoms with Crippen LogP contribution in [0.1, 0.15) is 21.9 Å². The van der Waals surface area contributed by atoms with Gasteiger partial charge >= 0.3 is 0 Å². The Bertz CT molecular complexity index is 1390. The molecule has 1 fully saturated rings. The lowest BCUT2D eigenvalue weighted by Crippen LogP contribution is -2.40. The van der Waals surface area contributed by atoms with Crippen molar-refractivity contribution >= 4 is 43.7 Å². The van der Waals surface area contributed by atoms with Crippen LogP contribution in [0.2, 0.25) is 0 Å². The number of thiazole rings is 1. The molecule has 1 saturated heterocycles. The molecule has 0 N–H and O–H groups in total. The lowest BCUT2D eigenvalue weighted by atomic mass is 10.1. The largest absolute Gasteiger partial charge is 0.457 e. The summed E-state index contributed by atoms with van der Waals surface area (Å²) in [6.45, 7) is 5.82. The van der Waals surface area contributed by atoms with Gasteiger partial charge in [-0.25, -0.2) is 13.4 Å². The van der Waals surface area contributed by atoms with Crippen molar-refractivity contribution in [2.24, 2.45) is 0 Å². The number of benzene rings is 2. The van der Waals surface area contributed by atoms with Crippen molar-refractivity contribution in [1.82, 2.24) is 9.29 Å². The quantitative estimate of drug-likeness (QED) is 0.384. The molecule has 0 aliphatic carbocycles. The number of fused-ring (bicyclic) bond motifs is 1. The smallest absolute Gasteiger partial charge is 0.243 e. The second-order valence-corrected chi connectivity index (χ2v) is 11.0. The van der Waals surface area contributed by atoms with Crippen LogP contribution in [0.25, 0.3) is 33.7 Å². The van der Waals surface area contributed by atoms with Crippen molar-refractivity contribution in [3.63, 3.8) is 0 Å². The maximum absolute atomic E-state index is 12.8. The standard InChI is InChI=1S/C25H24N2O4S2/c1-17-15-22-24(16-18(17)2)32-25(26-22)10-6-20-5-9-23(31-20)19-3-7-21(8-4-19)33(28,29)27-11-13-30-14-12-27/h3-10,15-16H,11-14H2,1-2H3/b10-6+. The first-order valence-corrected chi connectivity index (χ1v) is 13.0. The summed E-state index contributed by atoms with van der Waals surface area (Å²) in [4.78, 5) is 4.97. The summed E-state index contributed by atoms with van der Waals surface area (Å²) in [5.41, 5.74) is 4.33. The molecular formula is C25H24N2O4S2. The zero-order valence-corrected chi connectivity index (χ0v) is 20.1. The summed E-state index contributed by atoms with van der Waals surface area (Å²) in [6, 6.07) is 14.9. The Morgan fingerprint density at radius 2 is 1.70 bits per heavy atom. The maximum Gasteiger partial charge on any atom is 0.243 e. The average molecular weight is 481 g/mol. The minimum atomic E-state index is -3.51. The molecule has 8 heteroatoms. The summed E-state index contributed by atoms with van der Waals surface area (Å²) in [6.07, 6.45) is 3.86. The van der Waals surface area contributed by atoms with Crippen LogP contribution < -0.4 is 0 Å². The highest BCUT2D eigenvalue weighted by Gasteiger charge is 2.26. The van der Waals surface area contributed by atoms with E-state index in [4.69, 9.17) is 9.15 Å². The van der Waals surface area contributed by atoms with Gasteiger partial charge in [0.2, 0.25) is 10.0 Å². The number of ether oxygens (including phenoxy) is 1. The topological polar surface area (TPSA) is 72.6 Å². The first kappa shape index (κ1) is 22.0. The van der Waals surface area contributed by atoms with E-state index in [1.165, 1.54) is 20.1 Å². The van der Waals surface area contributed by atoms with Gasteiger partial charge in [0.1, 0.15) is 16.5 Å². The van der Waals surface area contributed by atoms with Crippen LogP contribution in [0.4, 0.5) is 0 Å². The van der Waals surface area contributed by atoms with E-state index in [-0.39, 0.29) is 4.90 Å². The molecule has 6 nitrogen and oxygen atoms in total. The number of morpholine rings is 1. The SMILES string of the molecule is Cc1cc2nc(/C=C/c3ccc(-c4ccc(S(=O)(=O)N5CCOCC5)cc4)o3)sc2cc1C. The summed E-state index contributed by atoms with van der Waals surface area (Å²) in [5, 5.41) is 0.922. The van der Waals surface area contributed by atoms with Gasteiger partial charge in [-0.2, -0.15) is 4.31 Å². The molecule has 0 bridgehead atoms. The molecule has 4 aromatic rings. The lowest BCUT2D eigenvalue weighted by Gasteiger charge is -2.26. The van der Waals surface area contributed by atoms with E-state index in [0.29, 0.717) is 37.8 Å². The van der Waals surface area contributed by atoms with Crippen LogP contribution in [0.15, 0.2) is 57.8 Å². The third kappa shape index (κ3) is 4.52. The number of rotatable bonds is 5. The fourth-order valence-electron chi connectivity index (χ4n) is 3.75. The lowest BCUT2D eigenvalue weighted by molar-refractivity contribution is 0.0730. The van der Waals surface area contributed by atoms with E-state index in [0.717, 1.165) is 16.1 Å². The van der Waals surface area contributed by atoms with Gasteiger partial charge in [-0.3, -0.25) is 0 Å². The first-order chi connectivity index (χ1) is 15.9. The normalized spacial score (nSPS) is 15.6. The van der Waals surface area contributed by atoms with Crippen molar-refractivity contribution in [3.05, 3.63) is 70.4 Å². The Hall–Kier alpha value is -2.78. The van der Waals surface area contributed by atoms with Gasteiger partial charge in [-0.1, -0.05) is 0 Å². The molecule has 0 saturated carbocycles. The molecular weight excluding hydrogens is 456 g/mol. The van der Waals surface area contributed by atoms with Gasteiger partial charge < -0.3 is 9.15 Å². The van der Waals surface area contributed by atoms with E-state index >= 15 is 0 Å². The Morgan fingerprint density at radius 1 is 0.970 bits per heavy atom. The summed E-state index contributed by atoms with van der Waals surface area (Å²) in [5.74, 6) is 1.39. The molecule has 170 valence electrons. The molecule has 2 aromatic carbocycles. The third-order valence-electron chi connectivity index (χ3n) is 5.78. The van der Waals surface area contributed by atoms with E-state index < -0.39 is 10.0 Å². The van der Waals surface area contributed by atoms with Crippen molar-refractivity contribution in [2.45, 2.75) is 18.7 Å². The maximum atomic E-state index is 12.8. The van der Waals surface area contributed by atoms with Gasteiger partial charge in [0.25, 0.3) is 0 Å². The number of aryl methyl sites for hydroxylation is 2. The average Bonchev–Trinajstić information content (AvgIpc) is 3.45. The Morgan fingerprint density at radius 3 is 2.45 bits per heavy atom. The van der Waals surface area contributed by atoms with Crippen molar-refractivity contribution in [2.75, 3.05) is 26.3 Å². The Balaban J connectivity index is 1.32. The van der Waals surface area contributed by atoms with Crippen molar-refractivity contribution in [3.8, 4) is 11.3 Å². The molecule has 2 aromatic heterocycles. The summed E-state index contributed by atoms with van der Waals surface area (Å²) < 4.78 is 39.4. The number of nitrogens with zero attached hydrogens (tertiary/aromatic N) is 2. The summed E-state index contributed by atoms with van der Waals surface area (Å²) in [7, 11) is -3.51. The van der Waals surface area contributed by atoms with Crippen LogP contribution in [-0.2, 0) is 14.8 Å². The second kappa shape index (κ2) is 8.87. The fourth-order valence-corrected chi connectivity index (χ4v) is 6.11. The van der Waals surface area contributed by atoms with Gasteiger partial charge in [0.05, 0.1) is 28.3 Å². The van der Waals surface area contributed by atoms with Crippen molar-refractivity contribution < 1.29 is 17.6 Å². The fraction of sp³-hybridized carbons (Fsp3) is 0.240. The number of sulfonamides is 1. The summed E-state index contributed by atoms with van der Waals surface area (Å²) >= 11 is 1.65. The number of hydrogen-bond acceptors (Lipinski definition) is 6. The molecule has 0 unspecified atom stereocenters. The monoisotopic (exact) mass is 480 g/mol. The molecule has 5 rings (SSSR count). The molecule has 0 spiro atoms. The number of aromatic nitrogens is 1. The molecule has 1 aliphatic heterocycles. The van der Waals surface area contributed by atoms with Crippen molar-refractivity contribution in [1.29, 1.82) is 0 Å². The molecule has 3 heterocycles. The third-order valence-corrected chi connectivity index (χ3v) is 8.68. The van der Waals surface area contributed by atoms with E-state index in [1.54, 1.807) is 35.6 Å². The van der Waals surface area contributed by atoms with Crippen LogP contribution in [0, 0.1) is 13.8 Å². The zero-order chi connectivity index (χ0) is 23.0. The molecule has 0 atom stereocenters. The predicted molar refractivity (Wildman–Crippen MR) is 132 cm³/mol. The Labute approximate surface area is 197 Å². The number of hydrogen-bond donors (Lipinski definition) is 0. The van der Waals surface area contributed by atoms with E-state index in [1.807, 2.05) is 24.3 Å². The van der Waals surface area contributed by atoms with Crippen LogP contribution >= 0.6 is 11.3 Å². The minimum absolute atomic E-state index is 0.279. The first-order valence-electron chi connectivity index (χ1n) is 10.7. The highest BCUT2D eigenvalue weighted by molar-refractivity contribution is 7.89. The molecule has 0 amide bonds. The van der Waals surface area contributed by atoms with Gasteiger partial charge in [-0.15, -0.1) is 11.3 Å². The predicted octanol–water partition coefficient (Wildman–Crippen LogP) is 5.36. The Kier molecular flexibility index (Phi) is 5.92. The van der Waals surface area contributed by atoms with E-state index in [9.17, 15) is 8.42 Å². The highest BCUT2D eigenvalue weighted by Crippen LogP contribution is 2.28. The molecule has 0 radical (unpaired) electrons. The van der Waals surface area contributed by atoms with Gasteiger partial charge in [0.15, 0.2) is 0 Å². The van der Waals surface area contributed by atoms with E-state index in [2.05, 4.69) is 31.0 Å². The minimum Gasteiger partial charge on any atom is -0.457 e. The van der Waals surface area contributed by atoms with Gasteiger partial charge in [-0.05, 0) is 85.7 Å². The second-order valence-electron chi connectivity index (χ2n) is 8.03. The van der Waals surface area contributed by atoms with Crippen LogP contribution in [0.3, 0.4) is 0 Å². The molecule has 33 heavy (non-hydrogen) atoms. The molecule has 1 aliphatic rings. The van der Waals surface area contributed by atoms with Crippen LogP contribution in [0.5, 0.6) is 0 Å². The zero-order valence-electron chi connectivity index (χ0n) is 18.4. The van der Waals surface area contributed by atoms with Crippen LogP contribution in [-0.4, -0.2) is 44.0 Å². The number of furan rings is 1. The highest BCUT2D eigenvalue weighted by atomic mass is 32.2.